The first-order valence-electron chi connectivity index (χ1n) is 6.86. The predicted octanol–water partition coefficient (Wildman–Crippen LogP) is 2.86. The lowest BCUT2D eigenvalue weighted by atomic mass is 10.1. The number of hydrogen-bond donors (Lipinski definition) is 0. The average molecular weight is 306 g/mol. The van der Waals surface area contributed by atoms with Gasteiger partial charge in [0.15, 0.2) is 6.61 Å². The molecule has 0 saturated carbocycles. The Morgan fingerprint density at radius 1 is 1.27 bits per heavy atom. The maximum atomic E-state index is 11.8. The molecule has 1 heterocycles. The topological polar surface area (TPSA) is 75.0 Å². The Labute approximate surface area is 127 Å². The van der Waals surface area contributed by atoms with Gasteiger partial charge in [-0.25, -0.2) is 9.59 Å². The van der Waals surface area contributed by atoms with Gasteiger partial charge in [-0.05, 0) is 39.0 Å². The summed E-state index contributed by atoms with van der Waals surface area (Å²) >= 11 is 0. The number of furan rings is 1. The summed E-state index contributed by atoms with van der Waals surface area (Å²) in [4.78, 5) is 23.3. The zero-order valence-electron chi connectivity index (χ0n) is 13.0. The molecular weight excluding hydrogens is 288 g/mol. The van der Waals surface area contributed by atoms with E-state index in [1.165, 1.54) is 7.11 Å². The van der Waals surface area contributed by atoms with Crippen LogP contribution in [0.1, 0.15) is 30.0 Å². The number of fused-ring (bicyclic) bond motifs is 1. The molecule has 0 N–H and O–H groups in total. The molecule has 22 heavy (non-hydrogen) atoms. The molecule has 6 heteroatoms. The van der Waals surface area contributed by atoms with Gasteiger partial charge in [0.1, 0.15) is 22.7 Å². The van der Waals surface area contributed by atoms with Crippen molar-refractivity contribution < 1.29 is 28.2 Å². The summed E-state index contributed by atoms with van der Waals surface area (Å²) in [6.45, 7) is 5.02. The number of esters is 2. The van der Waals surface area contributed by atoms with E-state index >= 15 is 0 Å². The Kier molecular flexibility index (Phi) is 4.70. The molecule has 0 aliphatic carbocycles. The Balaban J connectivity index is 2.22. The standard InChI is InChI=1S/C16H18O6/c1-9(2)21-14(17)8-20-11-5-6-13-12(7-11)15(10(3)22-13)16(18)19-4/h5-7,9H,8H2,1-4H3. The van der Waals surface area contributed by atoms with E-state index in [2.05, 4.69) is 0 Å². The van der Waals surface area contributed by atoms with E-state index in [0.29, 0.717) is 28.0 Å². The minimum absolute atomic E-state index is 0.193. The maximum Gasteiger partial charge on any atom is 0.344 e. The van der Waals surface area contributed by atoms with Crippen LogP contribution in [0.25, 0.3) is 11.0 Å². The highest BCUT2D eigenvalue weighted by Crippen LogP contribution is 2.29. The highest BCUT2D eigenvalue weighted by atomic mass is 16.6. The number of ether oxygens (including phenoxy) is 3. The summed E-state index contributed by atoms with van der Waals surface area (Å²) in [5.74, 6) is -0.0170. The molecule has 6 nitrogen and oxygen atoms in total. The monoisotopic (exact) mass is 306 g/mol. The second-order valence-electron chi connectivity index (χ2n) is 5.01. The third kappa shape index (κ3) is 3.39. The minimum Gasteiger partial charge on any atom is -0.482 e. The van der Waals surface area contributed by atoms with E-state index in [1.807, 2.05) is 0 Å². The average Bonchev–Trinajstić information content (AvgIpc) is 2.78. The number of methoxy groups -OCH3 is 1. The summed E-state index contributed by atoms with van der Waals surface area (Å²) in [7, 11) is 1.31. The van der Waals surface area contributed by atoms with Crippen LogP contribution in [0.15, 0.2) is 22.6 Å². The molecule has 0 spiro atoms. The number of hydrogen-bond acceptors (Lipinski definition) is 6. The van der Waals surface area contributed by atoms with Crippen molar-refractivity contribution in [2.24, 2.45) is 0 Å². The lowest BCUT2D eigenvalue weighted by Gasteiger charge is -2.09. The van der Waals surface area contributed by atoms with Crippen LogP contribution in [0.3, 0.4) is 0 Å². The van der Waals surface area contributed by atoms with Gasteiger partial charge in [-0.1, -0.05) is 0 Å². The third-order valence-electron chi connectivity index (χ3n) is 2.95. The van der Waals surface area contributed by atoms with Crippen molar-refractivity contribution in [3.8, 4) is 5.75 Å². The molecule has 0 unspecified atom stereocenters. The summed E-state index contributed by atoms with van der Waals surface area (Å²) in [5, 5.41) is 0.582. The molecule has 0 amide bonds. The van der Waals surface area contributed by atoms with Crippen molar-refractivity contribution in [3.05, 3.63) is 29.5 Å². The van der Waals surface area contributed by atoms with E-state index in [9.17, 15) is 9.59 Å². The van der Waals surface area contributed by atoms with Gasteiger partial charge in [-0.3, -0.25) is 0 Å². The highest BCUT2D eigenvalue weighted by molar-refractivity contribution is 6.04. The fraction of sp³-hybridized carbons (Fsp3) is 0.375. The first kappa shape index (κ1) is 15.9. The molecule has 0 radical (unpaired) electrons. The van der Waals surface area contributed by atoms with E-state index in [0.717, 1.165) is 0 Å². The van der Waals surface area contributed by atoms with Crippen molar-refractivity contribution in [2.75, 3.05) is 13.7 Å². The maximum absolute atomic E-state index is 11.8. The molecule has 118 valence electrons. The van der Waals surface area contributed by atoms with Crippen LogP contribution in [0.4, 0.5) is 0 Å². The van der Waals surface area contributed by atoms with Gasteiger partial charge < -0.3 is 18.6 Å². The van der Waals surface area contributed by atoms with E-state index in [1.54, 1.807) is 39.0 Å². The minimum atomic E-state index is -0.479. The lowest BCUT2D eigenvalue weighted by molar-refractivity contribution is -0.149. The first-order valence-corrected chi connectivity index (χ1v) is 6.86. The largest absolute Gasteiger partial charge is 0.482 e. The molecular formula is C16H18O6. The summed E-state index contributed by atoms with van der Waals surface area (Å²) in [5.41, 5.74) is 0.905. The van der Waals surface area contributed by atoms with Crippen LogP contribution in [0.2, 0.25) is 0 Å². The molecule has 0 atom stereocenters. The SMILES string of the molecule is COC(=O)c1c(C)oc2ccc(OCC(=O)OC(C)C)cc12. The van der Waals surface area contributed by atoms with Gasteiger partial charge in [-0.15, -0.1) is 0 Å². The lowest BCUT2D eigenvalue weighted by Crippen LogP contribution is -2.18. The number of carbonyl (C=O) groups is 2. The molecule has 1 aromatic carbocycles. The number of benzene rings is 1. The number of aryl methyl sites for hydroxylation is 1. The third-order valence-corrected chi connectivity index (χ3v) is 2.95. The number of carbonyl (C=O) groups excluding carboxylic acids is 2. The van der Waals surface area contributed by atoms with Gasteiger partial charge in [0, 0.05) is 5.39 Å². The normalized spacial score (nSPS) is 10.8. The molecule has 0 bridgehead atoms. The van der Waals surface area contributed by atoms with Crippen LogP contribution >= 0.6 is 0 Å². The Morgan fingerprint density at radius 2 is 2.00 bits per heavy atom. The predicted molar refractivity (Wildman–Crippen MR) is 79.0 cm³/mol. The molecule has 2 rings (SSSR count). The second kappa shape index (κ2) is 6.51. The first-order chi connectivity index (χ1) is 10.4. The van der Waals surface area contributed by atoms with Crippen molar-refractivity contribution in [1.82, 2.24) is 0 Å². The Hall–Kier alpha value is -2.50. The summed E-state index contributed by atoms with van der Waals surface area (Å²) in [6, 6.07) is 4.98. The second-order valence-corrected chi connectivity index (χ2v) is 5.01. The van der Waals surface area contributed by atoms with Crippen LogP contribution in [-0.2, 0) is 14.3 Å². The summed E-state index contributed by atoms with van der Waals surface area (Å²) < 4.78 is 20.6. The molecule has 0 saturated heterocycles. The molecule has 1 aromatic heterocycles. The molecule has 0 aliphatic rings. The summed E-state index contributed by atoms with van der Waals surface area (Å²) in [6.07, 6.45) is -0.193. The van der Waals surface area contributed by atoms with Crippen LogP contribution < -0.4 is 4.74 Å². The zero-order valence-corrected chi connectivity index (χ0v) is 13.0. The molecule has 2 aromatic rings. The van der Waals surface area contributed by atoms with Gasteiger partial charge in [-0.2, -0.15) is 0 Å². The number of rotatable bonds is 5. The van der Waals surface area contributed by atoms with Crippen LogP contribution in [-0.4, -0.2) is 31.8 Å². The van der Waals surface area contributed by atoms with E-state index in [-0.39, 0.29) is 12.7 Å². The Bertz CT molecular complexity index is 698. The van der Waals surface area contributed by atoms with Crippen LogP contribution in [0.5, 0.6) is 5.75 Å². The van der Waals surface area contributed by atoms with Crippen molar-refractivity contribution in [3.63, 3.8) is 0 Å². The van der Waals surface area contributed by atoms with Gasteiger partial charge in [0.2, 0.25) is 0 Å². The molecule has 0 aliphatic heterocycles. The quantitative estimate of drug-likeness (QED) is 0.791. The van der Waals surface area contributed by atoms with Gasteiger partial charge >= 0.3 is 11.9 Å². The van der Waals surface area contributed by atoms with Crippen molar-refractivity contribution in [2.45, 2.75) is 26.9 Å². The Morgan fingerprint density at radius 3 is 2.64 bits per heavy atom. The van der Waals surface area contributed by atoms with Crippen molar-refractivity contribution >= 4 is 22.9 Å². The fourth-order valence-electron chi connectivity index (χ4n) is 2.08. The van der Waals surface area contributed by atoms with Crippen LogP contribution in [0, 0.1) is 6.92 Å². The van der Waals surface area contributed by atoms with E-state index in [4.69, 9.17) is 18.6 Å². The highest BCUT2D eigenvalue weighted by Gasteiger charge is 2.19. The molecule has 0 fully saturated rings. The van der Waals surface area contributed by atoms with Gasteiger partial charge in [0.25, 0.3) is 0 Å². The fourth-order valence-corrected chi connectivity index (χ4v) is 2.08. The van der Waals surface area contributed by atoms with Crippen molar-refractivity contribution in [1.29, 1.82) is 0 Å². The smallest absolute Gasteiger partial charge is 0.344 e. The van der Waals surface area contributed by atoms with E-state index < -0.39 is 11.9 Å². The zero-order chi connectivity index (χ0) is 16.3. The van der Waals surface area contributed by atoms with Gasteiger partial charge in [0.05, 0.1) is 13.2 Å².